The number of halogens is 2. The lowest BCUT2D eigenvalue weighted by molar-refractivity contribution is 0.0953. The molecule has 2 aromatic heterocycles. The molecule has 1 amide bonds. The molecule has 27 heavy (non-hydrogen) atoms. The van der Waals surface area contributed by atoms with Crippen LogP contribution in [0.4, 0.5) is 10.1 Å². The molecule has 1 atom stereocenters. The topological polar surface area (TPSA) is 60.3 Å². The quantitative estimate of drug-likeness (QED) is 0.683. The van der Waals surface area contributed by atoms with E-state index >= 15 is 0 Å². The highest BCUT2D eigenvalue weighted by Gasteiger charge is 2.31. The third-order valence-corrected chi connectivity index (χ3v) is 4.54. The highest BCUT2D eigenvalue weighted by Crippen LogP contribution is 2.27. The first-order valence-corrected chi connectivity index (χ1v) is 8.79. The van der Waals surface area contributed by atoms with Crippen LogP contribution in [0.2, 0.25) is 5.02 Å². The number of aromatic nitrogens is 3. The van der Waals surface area contributed by atoms with Gasteiger partial charge in [-0.05, 0) is 43.3 Å². The van der Waals surface area contributed by atoms with Gasteiger partial charge in [0.05, 0.1) is 11.1 Å². The SMILES string of the molecule is C[C@@H]1CN(c2ccc(F)cc2)C(=O)c2cc(COc3ccc(Cl)cn3)nn21. The minimum atomic E-state index is -0.337. The highest BCUT2D eigenvalue weighted by atomic mass is 35.5. The van der Waals surface area contributed by atoms with Crippen LogP contribution < -0.4 is 9.64 Å². The number of anilines is 1. The first kappa shape index (κ1) is 17.5. The van der Waals surface area contributed by atoms with E-state index < -0.39 is 0 Å². The lowest BCUT2D eigenvalue weighted by Crippen LogP contribution is -2.42. The Labute approximate surface area is 160 Å². The van der Waals surface area contributed by atoms with E-state index in [1.165, 1.54) is 18.3 Å². The van der Waals surface area contributed by atoms with Gasteiger partial charge in [0.15, 0.2) is 0 Å². The maximum atomic E-state index is 13.2. The van der Waals surface area contributed by atoms with Gasteiger partial charge in [0.25, 0.3) is 5.91 Å². The number of rotatable bonds is 4. The average molecular weight is 387 g/mol. The fourth-order valence-electron chi connectivity index (χ4n) is 3.01. The molecular weight excluding hydrogens is 371 g/mol. The van der Waals surface area contributed by atoms with E-state index in [0.717, 1.165) is 0 Å². The van der Waals surface area contributed by atoms with Crippen molar-refractivity contribution in [2.45, 2.75) is 19.6 Å². The van der Waals surface area contributed by atoms with Gasteiger partial charge in [0, 0.05) is 24.5 Å². The van der Waals surface area contributed by atoms with Crippen LogP contribution in [-0.4, -0.2) is 27.2 Å². The third kappa shape index (κ3) is 3.50. The number of amides is 1. The van der Waals surface area contributed by atoms with E-state index in [4.69, 9.17) is 16.3 Å². The summed E-state index contributed by atoms with van der Waals surface area (Å²) >= 11 is 5.81. The third-order valence-electron chi connectivity index (χ3n) is 4.32. The minimum Gasteiger partial charge on any atom is -0.471 e. The summed E-state index contributed by atoms with van der Waals surface area (Å²) in [6, 6.07) is 10.9. The number of carbonyl (C=O) groups excluding carboxylic acids is 1. The van der Waals surface area contributed by atoms with E-state index in [9.17, 15) is 9.18 Å². The Hall–Kier alpha value is -2.93. The fraction of sp³-hybridized carbons (Fsp3) is 0.211. The van der Waals surface area contributed by atoms with E-state index in [0.29, 0.717) is 34.5 Å². The number of carbonyl (C=O) groups is 1. The molecule has 0 saturated heterocycles. The van der Waals surface area contributed by atoms with Crippen molar-refractivity contribution in [3.8, 4) is 5.88 Å². The maximum Gasteiger partial charge on any atom is 0.276 e. The normalized spacial score (nSPS) is 16.3. The second-order valence-electron chi connectivity index (χ2n) is 6.31. The average Bonchev–Trinajstić information content (AvgIpc) is 3.10. The number of fused-ring (bicyclic) bond motifs is 1. The van der Waals surface area contributed by atoms with Crippen molar-refractivity contribution in [3.05, 3.63) is 70.9 Å². The van der Waals surface area contributed by atoms with Gasteiger partial charge in [0.2, 0.25) is 5.88 Å². The lowest BCUT2D eigenvalue weighted by Gasteiger charge is -2.31. The summed E-state index contributed by atoms with van der Waals surface area (Å²) in [7, 11) is 0. The van der Waals surface area contributed by atoms with Gasteiger partial charge in [-0.15, -0.1) is 0 Å². The molecule has 138 valence electrons. The summed E-state index contributed by atoms with van der Waals surface area (Å²) < 4.78 is 20.5. The van der Waals surface area contributed by atoms with E-state index in [1.54, 1.807) is 39.9 Å². The number of benzene rings is 1. The number of nitrogens with zero attached hydrogens (tertiary/aromatic N) is 4. The van der Waals surface area contributed by atoms with Gasteiger partial charge in [-0.25, -0.2) is 9.37 Å². The smallest absolute Gasteiger partial charge is 0.276 e. The predicted molar refractivity (Wildman–Crippen MR) is 98.6 cm³/mol. The zero-order valence-electron chi connectivity index (χ0n) is 14.5. The predicted octanol–water partition coefficient (Wildman–Crippen LogP) is 3.87. The van der Waals surface area contributed by atoms with Crippen molar-refractivity contribution in [2.75, 3.05) is 11.4 Å². The van der Waals surface area contributed by atoms with Gasteiger partial charge >= 0.3 is 0 Å². The highest BCUT2D eigenvalue weighted by molar-refractivity contribution is 6.30. The molecule has 0 radical (unpaired) electrons. The zero-order valence-corrected chi connectivity index (χ0v) is 15.2. The van der Waals surface area contributed by atoms with Crippen molar-refractivity contribution in [2.24, 2.45) is 0 Å². The van der Waals surface area contributed by atoms with Gasteiger partial charge in [-0.1, -0.05) is 11.6 Å². The Kier molecular flexibility index (Phi) is 4.53. The first-order chi connectivity index (χ1) is 13.0. The molecule has 8 heteroatoms. The van der Waals surface area contributed by atoms with Gasteiger partial charge < -0.3 is 9.64 Å². The Morgan fingerprint density at radius 3 is 2.74 bits per heavy atom. The van der Waals surface area contributed by atoms with E-state index in [1.807, 2.05) is 6.92 Å². The van der Waals surface area contributed by atoms with Crippen LogP contribution in [0.25, 0.3) is 0 Å². The molecule has 1 aliphatic rings. The summed E-state index contributed by atoms with van der Waals surface area (Å²) in [4.78, 5) is 18.6. The lowest BCUT2D eigenvalue weighted by atomic mass is 10.1. The van der Waals surface area contributed by atoms with Crippen molar-refractivity contribution in [1.29, 1.82) is 0 Å². The Morgan fingerprint density at radius 2 is 2.04 bits per heavy atom. The zero-order chi connectivity index (χ0) is 19.0. The molecule has 3 heterocycles. The van der Waals surface area contributed by atoms with Crippen molar-refractivity contribution in [3.63, 3.8) is 0 Å². The summed E-state index contributed by atoms with van der Waals surface area (Å²) in [5.74, 6) is -0.0858. The summed E-state index contributed by atoms with van der Waals surface area (Å²) in [6.07, 6.45) is 1.50. The molecule has 3 aromatic rings. The van der Waals surface area contributed by atoms with Crippen LogP contribution in [0, 0.1) is 5.82 Å². The van der Waals surface area contributed by atoms with Crippen LogP contribution >= 0.6 is 11.6 Å². The molecule has 0 unspecified atom stereocenters. The Balaban J connectivity index is 1.54. The number of pyridine rings is 1. The number of hydrogen-bond donors (Lipinski definition) is 0. The molecular formula is C19H16ClFN4O2. The van der Waals surface area contributed by atoms with Crippen molar-refractivity contribution >= 4 is 23.2 Å². The molecule has 1 aliphatic heterocycles. The van der Waals surface area contributed by atoms with Gasteiger partial charge in [-0.2, -0.15) is 5.10 Å². The largest absolute Gasteiger partial charge is 0.471 e. The van der Waals surface area contributed by atoms with Crippen LogP contribution in [0.15, 0.2) is 48.7 Å². The molecule has 0 fully saturated rings. The van der Waals surface area contributed by atoms with Gasteiger partial charge in [0.1, 0.15) is 23.8 Å². The molecule has 4 rings (SSSR count). The standard InChI is InChI=1S/C19H16ClFN4O2/c1-12-10-24(16-5-3-14(21)4-6-16)19(26)17-8-15(23-25(12)17)11-27-18-7-2-13(20)9-22-18/h2-9,12H,10-11H2,1H3/t12-/m1/s1. The first-order valence-electron chi connectivity index (χ1n) is 8.41. The molecule has 0 aliphatic carbocycles. The minimum absolute atomic E-state index is 0.0230. The number of hydrogen-bond acceptors (Lipinski definition) is 4. The van der Waals surface area contributed by atoms with Crippen LogP contribution in [-0.2, 0) is 6.61 Å². The summed E-state index contributed by atoms with van der Waals surface area (Å²) in [5.41, 5.74) is 1.76. The van der Waals surface area contributed by atoms with Crippen LogP contribution in [0.1, 0.15) is 29.1 Å². The maximum absolute atomic E-state index is 13.2. The van der Waals surface area contributed by atoms with Gasteiger partial charge in [-0.3, -0.25) is 9.48 Å². The van der Waals surface area contributed by atoms with Crippen LogP contribution in [0.3, 0.4) is 0 Å². The van der Waals surface area contributed by atoms with Crippen molar-refractivity contribution < 1.29 is 13.9 Å². The second kappa shape index (κ2) is 7.00. The number of ether oxygens (including phenoxy) is 1. The van der Waals surface area contributed by atoms with Crippen LogP contribution in [0.5, 0.6) is 5.88 Å². The van der Waals surface area contributed by atoms with E-state index in [-0.39, 0.29) is 24.4 Å². The fourth-order valence-corrected chi connectivity index (χ4v) is 3.13. The molecule has 0 saturated carbocycles. The monoisotopic (exact) mass is 386 g/mol. The summed E-state index contributed by atoms with van der Waals surface area (Å²) in [6.45, 7) is 2.62. The molecule has 0 N–H and O–H groups in total. The Bertz CT molecular complexity index is 972. The molecule has 0 bridgehead atoms. The summed E-state index contributed by atoms with van der Waals surface area (Å²) in [5, 5.41) is 5.02. The van der Waals surface area contributed by atoms with Crippen molar-refractivity contribution in [1.82, 2.24) is 14.8 Å². The second-order valence-corrected chi connectivity index (χ2v) is 6.75. The Morgan fingerprint density at radius 1 is 1.26 bits per heavy atom. The molecule has 6 nitrogen and oxygen atoms in total. The van der Waals surface area contributed by atoms with E-state index in [2.05, 4.69) is 10.1 Å². The molecule has 1 aromatic carbocycles. The molecule has 0 spiro atoms.